The highest BCUT2D eigenvalue weighted by Gasteiger charge is 2.30. The minimum absolute atomic E-state index is 0.0569. The fourth-order valence-electron chi connectivity index (χ4n) is 2.85. The first-order valence-corrected chi connectivity index (χ1v) is 8.96. The standard InChI is InChI=1S/C16H23NO4S/c1-12-4-8-14(9-5-12)17(2)22(19,20)15-10-6-13(7-11-15)16(18)21-3/h6-7,10-12,14H,4-5,8-9H2,1-3H3. The maximum atomic E-state index is 12.7. The Balaban J connectivity index is 2.17. The van der Waals surface area contributed by atoms with Crippen molar-refractivity contribution in [3.63, 3.8) is 0 Å². The van der Waals surface area contributed by atoms with E-state index in [2.05, 4.69) is 11.7 Å². The summed E-state index contributed by atoms with van der Waals surface area (Å²) in [5.74, 6) is 0.199. The zero-order valence-electron chi connectivity index (χ0n) is 13.3. The van der Waals surface area contributed by atoms with Crippen molar-refractivity contribution in [2.75, 3.05) is 14.2 Å². The molecule has 0 atom stereocenters. The lowest BCUT2D eigenvalue weighted by atomic mass is 9.87. The Kier molecular flexibility index (Phi) is 5.24. The van der Waals surface area contributed by atoms with Crippen LogP contribution in [0.25, 0.3) is 0 Å². The number of sulfonamides is 1. The van der Waals surface area contributed by atoms with E-state index in [9.17, 15) is 13.2 Å². The minimum atomic E-state index is -3.52. The Morgan fingerprint density at radius 3 is 2.18 bits per heavy atom. The molecule has 0 bridgehead atoms. The van der Waals surface area contributed by atoms with Crippen molar-refractivity contribution in [3.8, 4) is 0 Å². The predicted octanol–water partition coefficient (Wildman–Crippen LogP) is 2.67. The molecule has 1 aliphatic carbocycles. The number of hydrogen-bond acceptors (Lipinski definition) is 4. The van der Waals surface area contributed by atoms with E-state index < -0.39 is 16.0 Å². The molecule has 0 spiro atoms. The first kappa shape index (κ1) is 17.0. The second kappa shape index (κ2) is 6.79. The summed E-state index contributed by atoms with van der Waals surface area (Å²) in [6.07, 6.45) is 3.92. The normalized spacial score (nSPS) is 22.5. The number of rotatable bonds is 4. The number of ether oxygens (including phenoxy) is 1. The van der Waals surface area contributed by atoms with Crippen LogP contribution in [0.4, 0.5) is 0 Å². The number of benzene rings is 1. The van der Waals surface area contributed by atoms with E-state index in [1.807, 2.05) is 0 Å². The van der Waals surface area contributed by atoms with E-state index in [-0.39, 0.29) is 10.9 Å². The molecular weight excluding hydrogens is 302 g/mol. The smallest absolute Gasteiger partial charge is 0.337 e. The van der Waals surface area contributed by atoms with Gasteiger partial charge in [0.1, 0.15) is 0 Å². The van der Waals surface area contributed by atoms with Crippen molar-refractivity contribution in [1.29, 1.82) is 0 Å². The number of carbonyl (C=O) groups excluding carboxylic acids is 1. The summed E-state index contributed by atoms with van der Waals surface area (Å²) >= 11 is 0. The van der Waals surface area contributed by atoms with Crippen LogP contribution in [0.15, 0.2) is 29.2 Å². The van der Waals surface area contributed by atoms with Crippen LogP contribution >= 0.6 is 0 Å². The third-order valence-corrected chi connectivity index (χ3v) is 6.38. The number of nitrogens with zero attached hydrogens (tertiary/aromatic N) is 1. The van der Waals surface area contributed by atoms with E-state index in [4.69, 9.17) is 0 Å². The second-order valence-corrected chi connectivity index (χ2v) is 7.95. The zero-order chi connectivity index (χ0) is 16.3. The van der Waals surface area contributed by atoms with E-state index in [1.165, 1.54) is 35.7 Å². The van der Waals surface area contributed by atoms with Crippen LogP contribution in [-0.2, 0) is 14.8 Å². The Morgan fingerprint density at radius 2 is 1.68 bits per heavy atom. The SMILES string of the molecule is COC(=O)c1ccc(S(=O)(=O)N(C)C2CCC(C)CC2)cc1. The lowest BCUT2D eigenvalue weighted by Crippen LogP contribution is -2.39. The Labute approximate surface area is 132 Å². The summed E-state index contributed by atoms with van der Waals surface area (Å²) in [4.78, 5) is 11.6. The van der Waals surface area contributed by atoms with Crippen LogP contribution in [0, 0.1) is 5.92 Å². The average molecular weight is 325 g/mol. The Hall–Kier alpha value is -1.40. The third-order valence-electron chi connectivity index (χ3n) is 4.45. The maximum Gasteiger partial charge on any atom is 0.337 e. The molecule has 0 radical (unpaired) electrons. The molecule has 0 aliphatic heterocycles. The van der Waals surface area contributed by atoms with Gasteiger partial charge in [-0.15, -0.1) is 0 Å². The van der Waals surface area contributed by atoms with Gasteiger partial charge < -0.3 is 4.74 Å². The average Bonchev–Trinajstić information content (AvgIpc) is 2.54. The van der Waals surface area contributed by atoms with Crippen LogP contribution in [-0.4, -0.2) is 38.9 Å². The summed E-state index contributed by atoms with van der Waals surface area (Å²) in [7, 11) is -0.585. The zero-order valence-corrected chi connectivity index (χ0v) is 14.1. The van der Waals surface area contributed by atoms with Crippen LogP contribution in [0.1, 0.15) is 43.0 Å². The molecule has 1 fully saturated rings. The lowest BCUT2D eigenvalue weighted by Gasteiger charge is -2.32. The molecule has 6 heteroatoms. The lowest BCUT2D eigenvalue weighted by molar-refractivity contribution is 0.0600. The molecule has 1 aromatic rings. The van der Waals surface area contributed by atoms with Crippen molar-refractivity contribution >= 4 is 16.0 Å². The first-order valence-electron chi connectivity index (χ1n) is 7.52. The second-order valence-electron chi connectivity index (χ2n) is 5.95. The molecule has 22 heavy (non-hydrogen) atoms. The Bertz CT molecular complexity index is 616. The molecule has 5 nitrogen and oxygen atoms in total. The van der Waals surface area contributed by atoms with Gasteiger partial charge in [0.25, 0.3) is 0 Å². The van der Waals surface area contributed by atoms with Gasteiger partial charge >= 0.3 is 5.97 Å². The largest absolute Gasteiger partial charge is 0.465 e. The number of esters is 1. The molecule has 0 amide bonds. The summed E-state index contributed by atoms with van der Waals surface area (Å²) < 4.78 is 31.4. The van der Waals surface area contributed by atoms with Crippen molar-refractivity contribution in [1.82, 2.24) is 4.31 Å². The molecule has 0 saturated heterocycles. The van der Waals surface area contributed by atoms with Gasteiger partial charge in [-0.25, -0.2) is 13.2 Å². The van der Waals surface area contributed by atoms with Gasteiger partial charge in [-0.05, 0) is 55.9 Å². The summed E-state index contributed by atoms with van der Waals surface area (Å²) in [5.41, 5.74) is 0.343. The highest BCUT2D eigenvalue weighted by Crippen LogP contribution is 2.29. The molecule has 1 aromatic carbocycles. The topological polar surface area (TPSA) is 63.7 Å². The third kappa shape index (κ3) is 3.50. The van der Waals surface area contributed by atoms with Crippen LogP contribution in [0.5, 0.6) is 0 Å². The first-order chi connectivity index (χ1) is 10.4. The van der Waals surface area contributed by atoms with Crippen molar-refractivity contribution < 1.29 is 17.9 Å². The van der Waals surface area contributed by atoms with E-state index in [0.717, 1.165) is 25.7 Å². The number of methoxy groups -OCH3 is 1. The van der Waals surface area contributed by atoms with E-state index in [0.29, 0.717) is 11.5 Å². The van der Waals surface area contributed by atoms with Gasteiger partial charge in [-0.2, -0.15) is 4.31 Å². The van der Waals surface area contributed by atoms with Gasteiger partial charge in [-0.3, -0.25) is 0 Å². The van der Waals surface area contributed by atoms with E-state index >= 15 is 0 Å². The van der Waals surface area contributed by atoms with Crippen LogP contribution in [0.2, 0.25) is 0 Å². The molecule has 0 heterocycles. The molecule has 0 aromatic heterocycles. The highest BCUT2D eigenvalue weighted by molar-refractivity contribution is 7.89. The summed E-state index contributed by atoms with van der Waals surface area (Å²) in [6.45, 7) is 2.20. The van der Waals surface area contributed by atoms with Gasteiger partial charge in [0.2, 0.25) is 10.0 Å². The molecule has 122 valence electrons. The fourth-order valence-corrected chi connectivity index (χ4v) is 4.27. The minimum Gasteiger partial charge on any atom is -0.465 e. The number of hydrogen-bond donors (Lipinski definition) is 0. The summed E-state index contributed by atoms with van der Waals surface area (Å²) in [6, 6.07) is 5.94. The highest BCUT2D eigenvalue weighted by atomic mass is 32.2. The van der Waals surface area contributed by atoms with Crippen molar-refractivity contribution in [2.45, 2.75) is 43.5 Å². The van der Waals surface area contributed by atoms with E-state index in [1.54, 1.807) is 7.05 Å². The number of carbonyl (C=O) groups is 1. The monoisotopic (exact) mass is 325 g/mol. The molecule has 0 N–H and O–H groups in total. The fraction of sp³-hybridized carbons (Fsp3) is 0.562. The van der Waals surface area contributed by atoms with Crippen LogP contribution < -0.4 is 0 Å². The molecule has 1 saturated carbocycles. The van der Waals surface area contributed by atoms with Gasteiger partial charge in [-0.1, -0.05) is 6.92 Å². The van der Waals surface area contributed by atoms with Gasteiger partial charge in [0, 0.05) is 13.1 Å². The van der Waals surface area contributed by atoms with Crippen LogP contribution in [0.3, 0.4) is 0 Å². The summed E-state index contributed by atoms with van der Waals surface area (Å²) in [5, 5.41) is 0. The molecule has 0 unspecified atom stereocenters. The van der Waals surface area contributed by atoms with Gasteiger partial charge in [0.05, 0.1) is 17.6 Å². The Morgan fingerprint density at radius 1 is 1.14 bits per heavy atom. The van der Waals surface area contributed by atoms with Gasteiger partial charge in [0.15, 0.2) is 0 Å². The molecule has 1 aliphatic rings. The quantitative estimate of drug-likeness (QED) is 0.798. The molecular formula is C16H23NO4S. The van der Waals surface area contributed by atoms with Crippen molar-refractivity contribution in [3.05, 3.63) is 29.8 Å². The maximum absolute atomic E-state index is 12.7. The predicted molar refractivity (Wildman–Crippen MR) is 84.2 cm³/mol. The van der Waals surface area contributed by atoms with Crippen molar-refractivity contribution in [2.24, 2.45) is 5.92 Å². The molecule has 2 rings (SSSR count).